The molecule has 0 heterocycles. The van der Waals surface area contributed by atoms with Crippen molar-refractivity contribution in [2.45, 2.75) is 25.9 Å². The minimum absolute atomic E-state index is 0.246. The Morgan fingerprint density at radius 2 is 2.00 bits per heavy atom. The smallest absolute Gasteiger partial charge is 0.123 e. The molecule has 1 rings (SSSR count). The molecule has 2 nitrogen and oxygen atoms in total. The highest BCUT2D eigenvalue weighted by Crippen LogP contribution is 2.25. The van der Waals surface area contributed by atoms with Crippen molar-refractivity contribution in [3.05, 3.63) is 29.8 Å². The average molecular weight is 211 g/mol. The molecule has 0 aromatic heterocycles. The molecule has 84 valence electrons. The van der Waals surface area contributed by atoms with Crippen LogP contribution < -0.4 is 10.1 Å². The molecular formula is C12H18FNO. The van der Waals surface area contributed by atoms with Crippen LogP contribution in [-0.4, -0.2) is 19.8 Å². The maximum absolute atomic E-state index is 12.9. The highest BCUT2D eigenvalue weighted by atomic mass is 19.1. The number of hydrogen-bond acceptors (Lipinski definition) is 2. The van der Waals surface area contributed by atoms with E-state index in [0.717, 1.165) is 11.3 Å². The van der Waals surface area contributed by atoms with E-state index < -0.39 is 6.67 Å². The van der Waals surface area contributed by atoms with Gasteiger partial charge in [-0.1, -0.05) is 32.0 Å². The second-order valence-electron chi connectivity index (χ2n) is 3.77. The standard InChI is InChI=1S/C12H18FNO/c1-9(2)14-11(8-13)10-6-4-5-7-12(10)15-3/h4-7,9,11,14H,8H2,1-3H3. The number of rotatable bonds is 5. The van der Waals surface area contributed by atoms with Crippen molar-refractivity contribution >= 4 is 0 Å². The molecule has 0 saturated heterocycles. The molecule has 0 aliphatic heterocycles. The average Bonchev–Trinajstić information content (AvgIpc) is 2.25. The number of halogens is 1. The van der Waals surface area contributed by atoms with Crippen LogP contribution in [0.25, 0.3) is 0 Å². The first kappa shape index (κ1) is 12.0. The summed E-state index contributed by atoms with van der Waals surface area (Å²) in [7, 11) is 1.60. The highest BCUT2D eigenvalue weighted by molar-refractivity contribution is 5.36. The predicted octanol–water partition coefficient (Wildman–Crippen LogP) is 2.70. The van der Waals surface area contributed by atoms with E-state index in [1.54, 1.807) is 7.11 Å². The Morgan fingerprint density at radius 1 is 1.33 bits per heavy atom. The van der Waals surface area contributed by atoms with Gasteiger partial charge in [0, 0.05) is 11.6 Å². The van der Waals surface area contributed by atoms with Crippen molar-refractivity contribution in [2.24, 2.45) is 0 Å². The van der Waals surface area contributed by atoms with E-state index in [2.05, 4.69) is 5.32 Å². The van der Waals surface area contributed by atoms with Crippen molar-refractivity contribution < 1.29 is 9.13 Å². The first-order valence-corrected chi connectivity index (χ1v) is 5.14. The maximum Gasteiger partial charge on any atom is 0.123 e. The number of benzene rings is 1. The molecule has 3 heteroatoms. The molecule has 1 atom stereocenters. The molecule has 1 N–H and O–H groups in total. The number of hydrogen-bond donors (Lipinski definition) is 1. The lowest BCUT2D eigenvalue weighted by atomic mass is 10.1. The van der Waals surface area contributed by atoms with Gasteiger partial charge in [0.15, 0.2) is 0 Å². The third-order valence-electron chi connectivity index (χ3n) is 2.20. The summed E-state index contributed by atoms with van der Waals surface area (Å²) in [4.78, 5) is 0. The third-order valence-corrected chi connectivity index (χ3v) is 2.20. The number of alkyl halides is 1. The Labute approximate surface area is 90.4 Å². The molecule has 1 aromatic rings. The Kier molecular flexibility index (Phi) is 4.56. The lowest BCUT2D eigenvalue weighted by Gasteiger charge is -2.20. The normalized spacial score (nSPS) is 12.9. The zero-order valence-corrected chi connectivity index (χ0v) is 9.46. The quantitative estimate of drug-likeness (QED) is 0.808. The van der Waals surface area contributed by atoms with Gasteiger partial charge < -0.3 is 10.1 Å². The van der Waals surface area contributed by atoms with Crippen molar-refractivity contribution in [3.8, 4) is 5.75 Å². The van der Waals surface area contributed by atoms with E-state index in [1.165, 1.54) is 0 Å². The van der Waals surface area contributed by atoms with E-state index >= 15 is 0 Å². The Morgan fingerprint density at radius 3 is 2.53 bits per heavy atom. The second-order valence-corrected chi connectivity index (χ2v) is 3.77. The molecular weight excluding hydrogens is 193 g/mol. The van der Waals surface area contributed by atoms with E-state index in [-0.39, 0.29) is 12.1 Å². The van der Waals surface area contributed by atoms with Crippen molar-refractivity contribution in [2.75, 3.05) is 13.8 Å². The Bertz CT molecular complexity index is 301. The maximum atomic E-state index is 12.9. The first-order chi connectivity index (χ1) is 7.19. The molecule has 1 unspecified atom stereocenters. The summed E-state index contributed by atoms with van der Waals surface area (Å²) in [5, 5.41) is 3.17. The number of ether oxygens (including phenoxy) is 1. The van der Waals surface area contributed by atoms with Gasteiger partial charge in [-0.25, -0.2) is 4.39 Å². The van der Waals surface area contributed by atoms with Gasteiger partial charge in [0.05, 0.1) is 13.2 Å². The minimum Gasteiger partial charge on any atom is -0.496 e. The number of para-hydroxylation sites is 1. The van der Waals surface area contributed by atoms with Crippen molar-refractivity contribution in [1.82, 2.24) is 5.32 Å². The summed E-state index contributed by atoms with van der Waals surface area (Å²) >= 11 is 0. The zero-order valence-electron chi connectivity index (χ0n) is 9.46. The molecule has 0 fully saturated rings. The summed E-state index contributed by atoms with van der Waals surface area (Å²) < 4.78 is 18.1. The lowest BCUT2D eigenvalue weighted by Crippen LogP contribution is -2.29. The SMILES string of the molecule is COc1ccccc1C(CF)NC(C)C. The second kappa shape index (κ2) is 5.71. The fourth-order valence-electron chi connectivity index (χ4n) is 1.57. The summed E-state index contributed by atoms with van der Waals surface area (Å²) in [6.07, 6.45) is 0. The van der Waals surface area contributed by atoms with Gasteiger partial charge in [-0.15, -0.1) is 0 Å². The summed E-state index contributed by atoms with van der Waals surface area (Å²) in [5.41, 5.74) is 0.871. The Balaban J connectivity index is 2.90. The van der Waals surface area contributed by atoms with Crippen LogP contribution in [0.1, 0.15) is 25.5 Å². The van der Waals surface area contributed by atoms with Crippen LogP contribution in [0.2, 0.25) is 0 Å². The van der Waals surface area contributed by atoms with Crippen molar-refractivity contribution in [3.63, 3.8) is 0 Å². The van der Waals surface area contributed by atoms with Gasteiger partial charge >= 0.3 is 0 Å². The predicted molar refractivity (Wildman–Crippen MR) is 60.0 cm³/mol. The summed E-state index contributed by atoms with van der Waals surface area (Å²) in [6, 6.07) is 7.46. The molecule has 0 aliphatic rings. The fraction of sp³-hybridized carbons (Fsp3) is 0.500. The van der Waals surface area contributed by atoms with Crippen LogP contribution in [0.15, 0.2) is 24.3 Å². The molecule has 0 amide bonds. The van der Waals surface area contributed by atoms with Gasteiger partial charge in [0.1, 0.15) is 12.4 Å². The van der Waals surface area contributed by atoms with E-state index in [4.69, 9.17) is 4.74 Å². The Hall–Kier alpha value is -1.09. The lowest BCUT2D eigenvalue weighted by molar-refractivity contribution is 0.344. The van der Waals surface area contributed by atoms with Gasteiger partial charge in [-0.2, -0.15) is 0 Å². The van der Waals surface area contributed by atoms with Gasteiger partial charge in [-0.05, 0) is 6.07 Å². The molecule has 0 aliphatic carbocycles. The molecule has 0 saturated carbocycles. The van der Waals surface area contributed by atoms with Crippen LogP contribution >= 0.6 is 0 Å². The van der Waals surface area contributed by atoms with Gasteiger partial charge in [0.25, 0.3) is 0 Å². The van der Waals surface area contributed by atoms with Crippen LogP contribution in [-0.2, 0) is 0 Å². The van der Waals surface area contributed by atoms with Gasteiger partial charge in [0.2, 0.25) is 0 Å². The topological polar surface area (TPSA) is 21.3 Å². The number of methoxy groups -OCH3 is 1. The van der Waals surface area contributed by atoms with Crippen LogP contribution in [0, 0.1) is 0 Å². The number of nitrogens with one attached hydrogen (secondary N) is 1. The third kappa shape index (κ3) is 3.20. The van der Waals surface area contributed by atoms with Crippen molar-refractivity contribution in [1.29, 1.82) is 0 Å². The first-order valence-electron chi connectivity index (χ1n) is 5.14. The van der Waals surface area contributed by atoms with Crippen LogP contribution in [0.4, 0.5) is 4.39 Å². The highest BCUT2D eigenvalue weighted by Gasteiger charge is 2.15. The van der Waals surface area contributed by atoms with Crippen LogP contribution in [0.3, 0.4) is 0 Å². The van der Waals surface area contributed by atoms with Gasteiger partial charge in [-0.3, -0.25) is 0 Å². The largest absolute Gasteiger partial charge is 0.496 e. The summed E-state index contributed by atoms with van der Waals surface area (Å²) in [6.45, 7) is 3.56. The van der Waals surface area contributed by atoms with E-state index in [1.807, 2.05) is 38.1 Å². The summed E-state index contributed by atoms with van der Waals surface area (Å²) in [5.74, 6) is 0.730. The minimum atomic E-state index is -0.432. The van der Waals surface area contributed by atoms with E-state index in [0.29, 0.717) is 0 Å². The molecule has 15 heavy (non-hydrogen) atoms. The molecule has 1 aromatic carbocycles. The van der Waals surface area contributed by atoms with E-state index in [9.17, 15) is 4.39 Å². The zero-order chi connectivity index (χ0) is 11.3. The monoisotopic (exact) mass is 211 g/mol. The molecule has 0 bridgehead atoms. The molecule has 0 spiro atoms. The van der Waals surface area contributed by atoms with Crippen LogP contribution in [0.5, 0.6) is 5.75 Å². The fourth-order valence-corrected chi connectivity index (χ4v) is 1.57. The molecule has 0 radical (unpaired) electrons.